The van der Waals surface area contributed by atoms with Crippen molar-refractivity contribution in [3.8, 4) is 0 Å². The number of hydrogen-bond acceptors (Lipinski definition) is 3. The molecule has 0 aromatic heterocycles. The Morgan fingerprint density at radius 3 is 2.32 bits per heavy atom. The highest BCUT2D eigenvalue weighted by atomic mass is 16.4. The smallest absolute Gasteiger partial charge is 0.306 e. The molecule has 5 heteroatoms. The maximum Gasteiger partial charge on any atom is 0.306 e. The summed E-state index contributed by atoms with van der Waals surface area (Å²) in [5, 5.41) is 15.7. The zero-order valence-corrected chi connectivity index (χ0v) is 21.7. The molecule has 2 fully saturated rings. The molecule has 0 bridgehead atoms. The first kappa shape index (κ1) is 25.5. The van der Waals surface area contributed by atoms with E-state index in [2.05, 4.69) is 83.9 Å². The summed E-state index contributed by atoms with van der Waals surface area (Å²) in [6.07, 6.45) is 3.57. The van der Waals surface area contributed by atoms with Crippen molar-refractivity contribution in [1.29, 1.82) is 0 Å². The quantitative estimate of drug-likeness (QED) is 0.418. The molecule has 3 aromatic rings. The zero-order chi connectivity index (χ0) is 25.8. The molecule has 1 saturated heterocycles. The molecule has 2 N–H and O–H groups in total. The minimum absolute atomic E-state index is 0.0342. The largest absolute Gasteiger partial charge is 0.481 e. The summed E-state index contributed by atoms with van der Waals surface area (Å²) in [5.74, 6) is -0.107. The number of hydrogen-bond donors (Lipinski definition) is 2. The minimum atomic E-state index is -0.721. The van der Waals surface area contributed by atoms with E-state index < -0.39 is 5.97 Å². The average molecular weight is 499 g/mol. The van der Waals surface area contributed by atoms with Crippen molar-refractivity contribution < 1.29 is 14.7 Å². The molecule has 0 radical (unpaired) electrons. The normalized spacial score (nSPS) is 25.1. The number of nitrogens with zero attached hydrogens (tertiary/aromatic N) is 1. The predicted octanol–water partition coefficient (Wildman–Crippen LogP) is 6.01. The molecule has 5 rings (SSSR count). The number of piperidine rings is 1. The van der Waals surface area contributed by atoms with Crippen LogP contribution >= 0.6 is 0 Å². The Kier molecular flexibility index (Phi) is 7.90. The third kappa shape index (κ3) is 5.72. The van der Waals surface area contributed by atoms with Crippen LogP contribution < -0.4 is 5.32 Å². The van der Waals surface area contributed by atoms with E-state index in [1.807, 2.05) is 6.07 Å². The van der Waals surface area contributed by atoms with Crippen molar-refractivity contribution in [2.45, 2.75) is 51.0 Å². The number of likely N-dealkylation sites (tertiary alicyclic amines) is 1. The second kappa shape index (κ2) is 11.5. The molecule has 0 spiro atoms. The number of rotatable bonds is 7. The van der Waals surface area contributed by atoms with Crippen LogP contribution in [0.3, 0.4) is 0 Å². The number of carbonyl (C=O) groups is 2. The van der Waals surface area contributed by atoms with Crippen LogP contribution in [0, 0.1) is 17.8 Å². The van der Waals surface area contributed by atoms with E-state index in [0.717, 1.165) is 26.1 Å². The first-order chi connectivity index (χ1) is 18.0. The van der Waals surface area contributed by atoms with Crippen molar-refractivity contribution in [2.24, 2.45) is 17.8 Å². The van der Waals surface area contributed by atoms with Gasteiger partial charge in [-0.25, -0.2) is 0 Å². The van der Waals surface area contributed by atoms with Crippen LogP contribution in [-0.4, -0.2) is 41.5 Å². The topological polar surface area (TPSA) is 69.6 Å². The van der Waals surface area contributed by atoms with Gasteiger partial charge in [-0.15, -0.1) is 0 Å². The van der Waals surface area contributed by atoms with Crippen LogP contribution in [-0.2, 0) is 9.59 Å². The molecule has 3 atom stereocenters. The Morgan fingerprint density at radius 2 is 1.57 bits per heavy atom. The van der Waals surface area contributed by atoms with E-state index in [-0.39, 0.29) is 29.7 Å². The lowest BCUT2D eigenvalue weighted by Gasteiger charge is -2.41. The molecule has 1 saturated carbocycles. The molecule has 37 heavy (non-hydrogen) atoms. The highest BCUT2D eigenvalue weighted by Crippen LogP contribution is 2.36. The van der Waals surface area contributed by atoms with Crippen LogP contribution in [0.2, 0.25) is 0 Å². The van der Waals surface area contributed by atoms with Gasteiger partial charge in [0.2, 0.25) is 5.91 Å². The maximum absolute atomic E-state index is 13.5. The van der Waals surface area contributed by atoms with E-state index in [4.69, 9.17) is 0 Å². The summed E-state index contributed by atoms with van der Waals surface area (Å²) in [6, 6.07) is 25.9. The number of nitrogens with one attached hydrogen (secondary N) is 1. The molecule has 1 aliphatic heterocycles. The van der Waals surface area contributed by atoms with E-state index in [1.165, 1.54) is 21.9 Å². The summed E-state index contributed by atoms with van der Waals surface area (Å²) in [5.41, 5.74) is 2.61. The van der Waals surface area contributed by atoms with E-state index in [0.29, 0.717) is 31.6 Å². The van der Waals surface area contributed by atoms with Gasteiger partial charge < -0.3 is 15.3 Å². The van der Waals surface area contributed by atoms with Gasteiger partial charge in [0, 0.05) is 31.0 Å². The molecule has 1 heterocycles. The summed E-state index contributed by atoms with van der Waals surface area (Å²) in [7, 11) is 0. The summed E-state index contributed by atoms with van der Waals surface area (Å²) < 4.78 is 0. The van der Waals surface area contributed by atoms with Gasteiger partial charge >= 0.3 is 5.97 Å². The van der Waals surface area contributed by atoms with Crippen molar-refractivity contribution >= 4 is 22.6 Å². The summed E-state index contributed by atoms with van der Waals surface area (Å²) in [4.78, 5) is 26.8. The van der Waals surface area contributed by atoms with E-state index >= 15 is 0 Å². The Bertz CT molecular complexity index is 1210. The van der Waals surface area contributed by atoms with Gasteiger partial charge in [0.25, 0.3) is 0 Å². The number of fused-ring (bicyclic) bond motifs is 1. The fraction of sp³-hybridized carbons (Fsp3) is 0.438. The molecule has 2 aliphatic rings. The average Bonchev–Trinajstić information content (AvgIpc) is 2.95. The highest BCUT2D eigenvalue weighted by Gasteiger charge is 2.37. The number of carboxylic acids is 1. The predicted molar refractivity (Wildman–Crippen MR) is 147 cm³/mol. The van der Waals surface area contributed by atoms with Crippen molar-refractivity contribution in [2.75, 3.05) is 19.6 Å². The van der Waals surface area contributed by atoms with Gasteiger partial charge in [0.15, 0.2) is 0 Å². The third-order valence-corrected chi connectivity index (χ3v) is 8.70. The minimum Gasteiger partial charge on any atom is -0.481 e. The number of carboxylic acid groups (broad SMARTS) is 1. The van der Waals surface area contributed by atoms with Crippen LogP contribution in [0.5, 0.6) is 0 Å². The standard InChI is InChI=1S/C32H38N2O3/c1-22(28-13-7-11-23-10-5-6-12-29(23)28)33-20-27-18-19-34(21-30(27)24-8-3-2-4-9-24)31(35)25-14-16-26(17-15-25)32(36)37/h2-13,22,25-27,30,33H,14-21H2,1H3,(H,36,37)/t22-,25?,26?,27?,30?/m1/s1. The van der Waals surface area contributed by atoms with Crippen LogP contribution in [0.15, 0.2) is 72.8 Å². The fourth-order valence-corrected chi connectivity index (χ4v) is 6.43. The number of amides is 1. The second-order valence-electron chi connectivity index (χ2n) is 10.9. The molecular formula is C32H38N2O3. The lowest BCUT2D eigenvalue weighted by Crippen LogP contribution is -2.48. The molecule has 194 valence electrons. The number of benzene rings is 3. The van der Waals surface area contributed by atoms with Crippen LogP contribution in [0.4, 0.5) is 0 Å². The van der Waals surface area contributed by atoms with E-state index in [9.17, 15) is 14.7 Å². The molecule has 3 aromatic carbocycles. The molecule has 2 unspecified atom stereocenters. The first-order valence-corrected chi connectivity index (χ1v) is 13.8. The Balaban J connectivity index is 1.27. The van der Waals surface area contributed by atoms with E-state index in [1.54, 1.807) is 0 Å². The van der Waals surface area contributed by atoms with Gasteiger partial charge in [-0.1, -0.05) is 72.8 Å². The summed E-state index contributed by atoms with van der Waals surface area (Å²) >= 11 is 0. The molecule has 1 amide bonds. The van der Waals surface area contributed by atoms with Crippen molar-refractivity contribution in [1.82, 2.24) is 10.2 Å². The lowest BCUT2D eigenvalue weighted by molar-refractivity contribution is -0.146. The third-order valence-electron chi connectivity index (χ3n) is 8.70. The monoisotopic (exact) mass is 498 g/mol. The number of aliphatic carboxylic acids is 1. The van der Waals surface area contributed by atoms with Gasteiger partial charge in [0.1, 0.15) is 0 Å². The highest BCUT2D eigenvalue weighted by molar-refractivity contribution is 5.86. The van der Waals surface area contributed by atoms with Gasteiger partial charge in [-0.2, -0.15) is 0 Å². The van der Waals surface area contributed by atoms with Crippen molar-refractivity contribution in [3.05, 3.63) is 83.9 Å². The Hall–Kier alpha value is -3.18. The molecule has 5 nitrogen and oxygen atoms in total. The fourth-order valence-electron chi connectivity index (χ4n) is 6.43. The number of carbonyl (C=O) groups excluding carboxylic acids is 1. The molecular weight excluding hydrogens is 460 g/mol. The first-order valence-electron chi connectivity index (χ1n) is 13.8. The van der Waals surface area contributed by atoms with Crippen LogP contribution in [0.25, 0.3) is 10.8 Å². The lowest BCUT2D eigenvalue weighted by atomic mass is 9.78. The van der Waals surface area contributed by atoms with Gasteiger partial charge in [0.05, 0.1) is 5.92 Å². The zero-order valence-electron chi connectivity index (χ0n) is 21.7. The van der Waals surface area contributed by atoms with Crippen LogP contribution in [0.1, 0.15) is 62.1 Å². The van der Waals surface area contributed by atoms with Gasteiger partial charge in [-0.05, 0) is 73.4 Å². The summed E-state index contributed by atoms with van der Waals surface area (Å²) in [6.45, 7) is 4.65. The Morgan fingerprint density at radius 1 is 0.892 bits per heavy atom. The van der Waals surface area contributed by atoms with Gasteiger partial charge in [-0.3, -0.25) is 9.59 Å². The second-order valence-corrected chi connectivity index (χ2v) is 10.9. The maximum atomic E-state index is 13.5. The van der Waals surface area contributed by atoms with Crippen molar-refractivity contribution in [3.63, 3.8) is 0 Å². The molecule has 1 aliphatic carbocycles. The SMILES string of the molecule is C[C@@H](NCC1CCN(C(=O)C2CCC(C(=O)O)CC2)CC1c1ccccc1)c1cccc2ccccc12. The Labute approximate surface area is 219 Å².